The van der Waals surface area contributed by atoms with Gasteiger partial charge in [-0.2, -0.15) is 0 Å². The third kappa shape index (κ3) is 4.08. The van der Waals surface area contributed by atoms with Crippen LogP contribution in [-0.2, 0) is 11.3 Å². The Morgan fingerprint density at radius 2 is 1.86 bits per heavy atom. The predicted molar refractivity (Wildman–Crippen MR) is 110 cm³/mol. The molecule has 3 heterocycles. The van der Waals surface area contributed by atoms with E-state index in [4.69, 9.17) is 14.7 Å². The first-order valence-corrected chi connectivity index (χ1v) is 9.64. The number of nitrogens with zero attached hydrogens (tertiary/aromatic N) is 4. The number of esters is 1. The van der Waals surface area contributed by atoms with Crippen molar-refractivity contribution >= 4 is 11.8 Å². The van der Waals surface area contributed by atoms with Crippen molar-refractivity contribution in [3.63, 3.8) is 0 Å². The number of carbonyl (C=O) groups excluding carboxylic acids is 1. The Kier molecular flexibility index (Phi) is 5.20. The summed E-state index contributed by atoms with van der Waals surface area (Å²) >= 11 is 0. The Bertz CT molecular complexity index is 1050. The highest BCUT2D eigenvalue weighted by atomic mass is 16.5. The molecule has 0 aliphatic heterocycles. The number of hydrogen-bond donors (Lipinski definition) is 1. The van der Waals surface area contributed by atoms with Gasteiger partial charge in [-0.15, -0.1) is 0 Å². The minimum atomic E-state index is -0.330. The number of carbonyl (C=O) groups is 1. The lowest BCUT2D eigenvalue weighted by atomic mass is 10.1. The van der Waals surface area contributed by atoms with E-state index in [-0.39, 0.29) is 5.97 Å². The normalized spacial score (nSPS) is 13.2. The third-order valence-corrected chi connectivity index (χ3v) is 5.12. The summed E-state index contributed by atoms with van der Waals surface area (Å²) in [5.41, 5.74) is 5.10. The summed E-state index contributed by atoms with van der Waals surface area (Å²) in [6, 6.07) is 7.45. The zero-order valence-electron chi connectivity index (χ0n) is 16.8. The SMILES string of the molecule is COC(=O)c1ccc(CNc2nc(-c3ccncc3)nc(C)c2C)nc1C1CC1. The van der Waals surface area contributed by atoms with Gasteiger partial charge in [-0.3, -0.25) is 9.97 Å². The molecule has 0 aromatic carbocycles. The van der Waals surface area contributed by atoms with Crippen LogP contribution in [0.1, 0.15) is 51.8 Å². The Morgan fingerprint density at radius 1 is 1.10 bits per heavy atom. The van der Waals surface area contributed by atoms with Crippen LogP contribution in [0.15, 0.2) is 36.7 Å². The van der Waals surface area contributed by atoms with E-state index < -0.39 is 0 Å². The Labute approximate surface area is 169 Å². The molecule has 7 nitrogen and oxygen atoms in total. The lowest BCUT2D eigenvalue weighted by Crippen LogP contribution is -2.11. The molecule has 1 saturated carbocycles. The summed E-state index contributed by atoms with van der Waals surface area (Å²) in [6.45, 7) is 4.48. The number of nitrogens with one attached hydrogen (secondary N) is 1. The number of anilines is 1. The molecule has 0 bridgehead atoms. The highest BCUT2D eigenvalue weighted by Crippen LogP contribution is 2.40. The molecule has 3 aromatic rings. The Hall–Kier alpha value is -3.35. The summed E-state index contributed by atoms with van der Waals surface area (Å²) in [7, 11) is 1.40. The number of methoxy groups -OCH3 is 1. The molecular weight excluding hydrogens is 366 g/mol. The number of pyridine rings is 2. The van der Waals surface area contributed by atoms with Gasteiger partial charge in [0.2, 0.25) is 0 Å². The zero-order valence-corrected chi connectivity index (χ0v) is 16.8. The van der Waals surface area contributed by atoms with Crippen molar-refractivity contribution in [2.75, 3.05) is 12.4 Å². The fraction of sp³-hybridized carbons (Fsp3) is 0.318. The highest BCUT2D eigenvalue weighted by molar-refractivity contribution is 5.90. The van der Waals surface area contributed by atoms with Gasteiger partial charge in [0.05, 0.1) is 30.6 Å². The van der Waals surface area contributed by atoms with E-state index in [0.29, 0.717) is 23.9 Å². The Morgan fingerprint density at radius 3 is 2.55 bits per heavy atom. The fourth-order valence-corrected chi connectivity index (χ4v) is 3.17. The van der Waals surface area contributed by atoms with E-state index in [2.05, 4.69) is 15.3 Å². The van der Waals surface area contributed by atoms with Crippen molar-refractivity contribution in [2.45, 2.75) is 39.2 Å². The summed E-state index contributed by atoms with van der Waals surface area (Å²) in [5, 5.41) is 3.38. The quantitative estimate of drug-likeness (QED) is 0.641. The monoisotopic (exact) mass is 389 g/mol. The lowest BCUT2D eigenvalue weighted by Gasteiger charge is -2.13. The van der Waals surface area contributed by atoms with Gasteiger partial charge in [0.25, 0.3) is 0 Å². The molecule has 1 aliphatic rings. The molecule has 1 N–H and O–H groups in total. The molecule has 29 heavy (non-hydrogen) atoms. The van der Waals surface area contributed by atoms with Crippen LogP contribution in [0, 0.1) is 13.8 Å². The van der Waals surface area contributed by atoms with Crippen LogP contribution in [0.25, 0.3) is 11.4 Å². The largest absolute Gasteiger partial charge is 0.465 e. The van der Waals surface area contributed by atoms with Crippen molar-refractivity contribution in [2.24, 2.45) is 0 Å². The van der Waals surface area contributed by atoms with Crippen LogP contribution >= 0.6 is 0 Å². The summed E-state index contributed by atoms with van der Waals surface area (Å²) in [6.07, 6.45) is 5.58. The minimum Gasteiger partial charge on any atom is -0.465 e. The Balaban J connectivity index is 1.58. The van der Waals surface area contributed by atoms with Crippen molar-refractivity contribution in [1.29, 1.82) is 0 Å². The van der Waals surface area contributed by atoms with E-state index in [1.54, 1.807) is 12.4 Å². The van der Waals surface area contributed by atoms with Crippen molar-refractivity contribution in [3.05, 3.63) is 64.9 Å². The number of rotatable bonds is 6. The molecule has 0 unspecified atom stereocenters. The average molecular weight is 389 g/mol. The van der Waals surface area contributed by atoms with E-state index in [1.165, 1.54) is 7.11 Å². The molecule has 7 heteroatoms. The van der Waals surface area contributed by atoms with E-state index in [1.807, 2.05) is 38.1 Å². The third-order valence-electron chi connectivity index (χ3n) is 5.12. The van der Waals surface area contributed by atoms with Crippen molar-refractivity contribution < 1.29 is 9.53 Å². The number of aryl methyl sites for hydroxylation is 1. The second-order valence-electron chi connectivity index (χ2n) is 7.20. The molecule has 1 aliphatic carbocycles. The van der Waals surface area contributed by atoms with Crippen molar-refractivity contribution in [1.82, 2.24) is 19.9 Å². The topological polar surface area (TPSA) is 89.9 Å². The van der Waals surface area contributed by atoms with Gasteiger partial charge in [-0.1, -0.05) is 0 Å². The second-order valence-corrected chi connectivity index (χ2v) is 7.20. The maximum absolute atomic E-state index is 12.0. The zero-order chi connectivity index (χ0) is 20.4. The predicted octanol–water partition coefficient (Wildman–Crippen LogP) is 3.83. The van der Waals surface area contributed by atoms with Gasteiger partial charge in [0.1, 0.15) is 5.82 Å². The van der Waals surface area contributed by atoms with Crippen LogP contribution in [0.4, 0.5) is 5.82 Å². The van der Waals surface area contributed by atoms with E-state index in [9.17, 15) is 4.79 Å². The maximum Gasteiger partial charge on any atom is 0.339 e. The first kappa shape index (κ1) is 19.0. The van der Waals surface area contributed by atoms with Gasteiger partial charge in [-0.25, -0.2) is 14.8 Å². The smallest absolute Gasteiger partial charge is 0.339 e. The molecular formula is C22H23N5O2. The molecule has 3 aromatic heterocycles. The average Bonchev–Trinajstić information content (AvgIpc) is 3.60. The lowest BCUT2D eigenvalue weighted by molar-refractivity contribution is 0.0598. The van der Waals surface area contributed by atoms with Crippen LogP contribution in [-0.4, -0.2) is 33.0 Å². The van der Waals surface area contributed by atoms with Gasteiger partial charge in [0.15, 0.2) is 5.82 Å². The van der Waals surface area contributed by atoms with Gasteiger partial charge in [0, 0.05) is 35.1 Å². The summed E-state index contributed by atoms with van der Waals surface area (Å²) in [4.78, 5) is 30.1. The van der Waals surface area contributed by atoms with Gasteiger partial charge < -0.3 is 10.1 Å². The molecule has 148 valence electrons. The molecule has 1 fully saturated rings. The molecule has 0 amide bonds. The molecule has 0 saturated heterocycles. The number of hydrogen-bond acceptors (Lipinski definition) is 7. The van der Waals surface area contributed by atoms with Crippen molar-refractivity contribution in [3.8, 4) is 11.4 Å². The molecule has 0 atom stereocenters. The second kappa shape index (κ2) is 7.95. The van der Waals surface area contributed by atoms with Crippen LogP contribution in [0.3, 0.4) is 0 Å². The summed E-state index contributed by atoms with van der Waals surface area (Å²) in [5.74, 6) is 1.45. The first-order chi connectivity index (χ1) is 14.1. The molecule has 0 spiro atoms. The fourth-order valence-electron chi connectivity index (χ4n) is 3.17. The van der Waals surface area contributed by atoms with Gasteiger partial charge in [-0.05, 0) is 51.0 Å². The molecule has 4 rings (SSSR count). The standard InChI is InChI=1S/C22H23N5O2/c1-13-14(2)25-21(16-8-10-23-11-9-16)27-20(13)24-12-17-6-7-18(22(28)29-3)19(26-17)15-4-5-15/h6-11,15H,4-5,12H2,1-3H3,(H,24,25,27). The van der Waals surface area contributed by atoms with E-state index in [0.717, 1.165) is 46.9 Å². The van der Waals surface area contributed by atoms with E-state index >= 15 is 0 Å². The van der Waals surface area contributed by atoms with Crippen LogP contribution in [0.5, 0.6) is 0 Å². The molecule has 0 radical (unpaired) electrons. The number of ether oxygens (including phenoxy) is 1. The van der Waals surface area contributed by atoms with Crippen LogP contribution in [0.2, 0.25) is 0 Å². The first-order valence-electron chi connectivity index (χ1n) is 9.64. The minimum absolute atomic E-state index is 0.330. The van der Waals surface area contributed by atoms with Gasteiger partial charge >= 0.3 is 5.97 Å². The number of aromatic nitrogens is 4. The highest BCUT2D eigenvalue weighted by Gasteiger charge is 2.30. The maximum atomic E-state index is 12.0. The van der Waals surface area contributed by atoms with Crippen LogP contribution < -0.4 is 5.32 Å². The summed E-state index contributed by atoms with van der Waals surface area (Å²) < 4.78 is 4.89.